The molecule has 0 unspecified atom stereocenters. The van der Waals surface area contributed by atoms with Crippen LogP contribution in [0.3, 0.4) is 0 Å². The molecule has 3 N–H and O–H groups in total. The van der Waals surface area contributed by atoms with Crippen LogP contribution in [0.5, 0.6) is 0 Å². The van der Waals surface area contributed by atoms with Gasteiger partial charge in [0.1, 0.15) is 6.10 Å². The Morgan fingerprint density at radius 1 is 1.82 bits per heavy atom. The SMILES string of the molecule is O=C(O)C[C@H](O)c1cnc[nH]1. The molecule has 1 aromatic heterocycles. The molecular weight excluding hydrogens is 148 g/mol. The number of imidazole rings is 1. The van der Waals surface area contributed by atoms with E-state index in [0.717, 1.165) is 0 Å². The quantitative estimate of drug-likeness (QED) is 0.571. The van der Waals surface area contributed by atoms with Crippen molar-refractivity contribution in [1.29, 1.82) is 0 Å². The third kappa shape index (κ3) is 2.05. The zero-order chi connectivity index (χ0) is 8.27. The Hall–Kier alpha value is -1.36. The Morgan fingerprint density at radius 2 is 2.55 bits per heavy atom. The summed E-state index contributed by atoms with van der Waals surface area (Å²) in [6, 6.07) is 0. The van der Waals surface area contributed by atoms with Crippen molar-refractivity contribution in [3.63, 3.8) is 0 Å². The van der Waals surface area contributed by atoms with E-state index in [9.17, 15) is 4.79 Å². The van der Waals surface area contributed by atoms with E-state index in [1.807, 2.05) is 0 Å². The van der Waals surface area contributed by atoms with Gasteiger partial charge < -0.3 is 15.2 Å². The molecule has 0 aromatic carbocycles. The predicted octanol–water partition coefficient (Wildman–Crippen LogP) is -0.0822. The highest BCUT2D eigenvalue weighted by molar-refractivity contribution is 5.67. The summed E-state index contributed by atoms with van der Waals surface area (Å²) >= 11 is 0. The second-order valence-electron chi connectivity index (χ2n) is 2.12. The van der Waals surface area contributed by atoms with Gasteiger partial charge in [-0.3, -0.25) is 4.79 Å². The molecule has 0 bridgehead atoms. The van der Waals surface area contributed by atoms with Gasteiger partial charge in [-0.1, -0.05) is 0 Å². The number of nitrogens with one attached hydrogen (secondary N) is 1. The van der Waals surface area contributed by atoms with Gasteiger partial charge in [-0.15, -0.1) is 0 Å². The highest BCUT2D eigenvalue weighted by atomic mass is 16.4. The van der Waals surface area contributed by atoms with Crippen molar-refractivity contribution in [1.82, 2.24) is 9.97 Å². The van der Waals surface area contributed by atoms with Gasteiger partial charge >= 0.3 is 5.97 Å². The number of aliphatic carboxylic acids is 1. The van der Waals surface area contributed by atoms with Crippen LogP contribution in [0.2, 0.25) is 0 Å². The normalized spacial score (nSPS) is 12.8. The van der Waals surface area contributed by atoms with Crippen molar-refractivity contribution < 1.29 is 15.0 Å². The third-order valence-corrected chi connectivity index (χ3v) is 1.25. The first kappa shape index (κ1) is 7.74. The predicted molar refractivity (Wildman–Crippen MR) is 35.8 cm³/mol. The molecule has 0 aliphatic heterocycles. The number of aliphatic hydroxyl groups excluding tert-OH is 1. The van der Waals surface area contributed by atoms with Crippen molar-refractivity contribution in [3.05, 3.63) is 18.2 Å². The molecule has 11 heavy (non-hydrogen) atoms. The van der Waals surface area contributed by atoms with E-state index in [1.54, 1.807) is 0 Å². The van der Waals surface area contributed by atoms with Gasteiger partial charge in [0.05, 0.1) is 24.6 Å². The van der Waals surface area contributed by atoms with Crippen LogP contribution in [0.1, 0.15) is 18.2 Å². The molecule has 1 aromatic rings. The molecular formula is C6H8N2O3. The van der Waals surface area contributed by atoms with E-state index in [1.165, 1.54) is 12.5 Å². The number of carboxylic acid groups (broad SMARTS) is 1. The maximum atomic E-state index is 10.1. The lowest BCUT2D eigenvalue weighted by Gasteiger charge is -2.02. The number of aromatic nitrogens is 2. The average molecular weight is 156 g/mol. The molecule has 0 aliphatic rings. The maximum absolute atomic E-state index is 10.1. The summed E-state index contributed by atoms with van der Waals surface area (Å²) < 4.78 is 0. The molecule has 0 spiro atoms. The number of H-pyrrole nitrogens is 1. The molecule has 0 radical (unpaired) electrons. The topological polar surface area (TPSA) is 86.2 Å². The monoisotopic (exact) mass is 156 g/mol. The number of rotatable bonds is 3. The molecule has 5 heteroatoms. The molecule has 0 fully saturated rings. The molecule has 0 saturated heterocycles. The largest absolute Gasteiger partial charge is 0.481 e. The lowest BCUT2D eigenvalue weighted by molar-refractivity contribution is -0.139. The molecule has 0 amide bonds. The highest BCUT2D eigenvalue weighted by Crippen LogP contribution is 2.11. The molecule has 1 rings (SSSR count). The number of aromatic amines is 1. The van der Waals surface area contributed by atoms with Crippen LogP contribution >= 0.6 is 0 Å². The average Bonchev–Trinajstić information content (AvgIpc) is 2.35. The Balaban J connectivity index is 2.56. The number of hydrogen-bond donors (Lipinski definition) is 3. The summed E-state index contributed by atoms with van der Waals surface area (Å²) in [5, 5.41) is 17.4. The maximum Gasteiger partial charge on any atom is 0.306 e. The van der Waals surface area contributed by atoms with E-state index in [0.29, 0.717) is 5.69 Å². The van der Waals surface area contributed by atoms with Crippen LogP contribution < -0.4 is 0 Å². The first-order valence-electron chi connectivity index (χ1n) is 3.08. The van der Waals surface area contributed by atoms with E-state index in [-0.39, 0.29) is 6.42 Å². The minimum Gasteiger partial charge on any atom is -0.481 e. The van der Waals surface area contributed by atoms with Crippen LogP contribution in [0, 0.1) is 0 Å². The van der Waals surface area contributed by atoms with Gasteiger partial charge in [-0.25, -0.2) is 4.98 Å². The van der Waals surface area contributed by atoms with Gasteiger partial charge in [0.15, 0.2) is 0 Å². The standard InChI is InChI=1S/C6H8N2O3/c9-5(1-6(10)11)4-2-7-3-8-4/h2-3,5,9H,1H2,(H,7,8)(H,10,11)/t5-/m0/s1. The number of nitrogens with zero attached hydrogens (tertiary/aromatic N) is 1. The van der Waals surface area contributed by atoms with E-state index < -0.39 is 12.1 Å². The Morgan fingerprint density at radius 3 is 3.00 bits per heavy atom. The summed E-state index contributed by atoms with van der Waals surface area (Å²) in [7, 11) is 0. The smallest absolute Gasteiger partial charge is 0.306 e. The fraction of sp³-hybridized carbons (Fsp3) is 0.333. The number of aliphatic hydroxyl groups is 1. The van der Waals surface area contributed by atoms with Gasteiger partial charge in [0, 0.05) is 0 Å². The summed E-state index contributed by atoms with van der Waals surface area (Å²) in [6.07, 6.45) is 1.49. The van der Waals surface area contributed by atoms with Crippen LogP contribution in [-0.4, -0.2) is 26.2 Å². The number of hydrogen-bond acceptors (Lipinski definition) is 3. The van der Waals surface area contributed by atoms with Crippen LogP contribution in [-0.2, 0) is 4.79 Å². The molecule has 1 atom stereocenters. The van der Waals surface area contributed by atoms with Gasteiger partial charge in [0.25, 0.3) is 0 Å². The van der Waals surface area contributed by atoms with Crippen molar-refractivity contribution in [2.45, 2.75) is 12.5 Å². The molecule has 0 aliphatic carbocycles. The minimum atomic E-state index is -1.04. The highest BCUT2D eigenvalue weighted by Gasteiger charge is 2.12. The fourth-order valence-corrected chi connectivity index (χ4v) is 0.724. The third-order valence-electron chi connectivity index (χ3n) is 1.25. The number of carboxylic acids is 1. The molecule has 1 heterocycles. The van der Waals surface area contributed by atoms with Crippen LogP contribution in [0.4, 0.5) is 0 Å². The first-order chi connectivity index (χ1) is 5.20. The number of carbonyl (C=O) groups is 1. The zero-order valence-corrected chi connectivity index (χ0v) is 5.69. The summed E-state index contributed by atoms with van der Waals surface area (Å²) in [5.74, 6) is -1.04. The van der Waals surface area contributed by atoms with Crippen molar-refractivity contribution in [3.8, 4) is 0 Å². The zero-order valence-electron chi connectivity index (χ0n) is 5.69. The van der Waals surface area contributed by atoms with Gasteiger partial charge in [-0.05, 0) is 0 Å². The van der Waals surface area contributed by atoms with E-state index >= 15 is 0 Å². The molecule has 0 saturated carbocycles. The Kier molecular flexibility index (Phi) is 2.22. The Bertz CT molecular complexity index is 232. The minimum absolute atomic E-state index is 0.303. The van der Waals surface area contributed by atoms with Crippen LogP contribution in [0.15, 0.2) is 12.5 Å². The van der Waals surface area contributed by atoms with Gasteiger partial charge in [-0.2, -0.15) is 0 Å². The first-order valence-corrected chi connectivity index (χ1v) is 3.08. The molecule has 5 nitrogen and oxygen atoms in total. The summed E-state index contributed by atoms with van der Waals surface area (Å²) in [6.45, 7) is 0. The second kappa shape index (κ2) is 3.16. The van der Waals surface area contributed by atoms with Crippen molar-refractivity contribution in [2.24, 2.45) is 0 Å². The molecule has 60 valence electrons. The van der Waals surface area contributed by atoms with Crippen LogP contribution in [0.25, 0.3) is 0 Å². The lowest BCUT2D eigenvalue weighted by Crippen LogP contribution is -2.05. The Labute approximate surface area is 62.7 Å². The van der Waals surface area contributed by atoms with E-state index in [4.69, 9.17) is 10.2 Å². The van der Waals surface area contributed by atoms with Crippen molar-refractivity contribution >= 4 is 5.97 Å². The van der Waals surface area contributed by atoms with Crippen molar-refractivity contribution in [2.75, 3.05) is 0 Å². The van der Waals surface area contributed by atoms with Gasteiger partial charge in [0.2, 0.25) is 0 Å². The summed E-state index contributed by atoms with van der Waals surface area (Å²) in [4.78, 5) is 16.4. The second-order valence-corrected chi connectivity index (χ2v) is 2.12. The lowest BCUT2D eigenvalue weighted by atomic mass is 10.2. The fourth-order valence-electron chi connectivity index (χ4n) is 0.724. The summed E-state index contributed by atoms with van der Waals surface area (Å²) in [5.41, 5.74) is 0.424. The van der Waals surface area contributed by atoms with E-state index in [2.05, 4.69) is 9.97 Å².